The molecule has 6 heteroatoms. The van der Waals surface area contributed by atoms with Gasteiger partial charge >= 0.3 is 5.97 Å². The van der Waals surface area contributed by atoms with Gasteiger partial charge in [-0.2, -0.15) is 0 Å². The highest BCUT2D eigenvalue weighted by molar-refractivity contribution is 5.96. The van der Waals surface area contributed by atoms with Crippen LogP contribution in [0.3, 0.4) is 0 Å². The lowest BCUT2D eigenvalue weighted by Crippen LogP contribution is -2.40. The van der Waals surface area contributed by atoms with Crippen molar-refractivity contribution in [1.29, 1.82) is 0 Å². The molecule has 3 aromatic rings. The molecule has 0 aromatic heterocycles. The van der Waals surface area contributed by atoms with E-state index in [0.29, 0.717) is 0 Å². The van der Waals surface area contributed by atoms with Crippen molar-refractivity contribution < 1.29 is 19.1 Å². The number of carbonyl (C=O) groups is 3. The van der Waals surface area contributed by atoms with Crippen LogP contribution in [-0.2, 0) is 19.1 Å². The summed E-state index contributed by atoms with van der Waals surface area (Å²) >= 11 is 0. The highest BCUT2D eigenvalue weighted by atomic mass is 16.5. The highest BCUT2D eigenvalue weighted by Crippen LogP contribution is 2.26. The zero-order chi connectivity index (χ0) is 23.8. The van der Waals surface area contributed by atoms with E-state index < -0.39 is 23.9 Å². The third-order valence-electron chi connectivity index (χ3n) is 5.33. The first-order valence-electron chi connectivity index (χ1n) is 10.8. The maximum Gasteiger partial charge on any atom is 0.318 e. The molecule has 3 rings (SSSR count). The largest absolute Gasteiger partial charge is 0.452 e. The lowest BCUT2D eigenvalue weighted by Gasteiger charge is -2.20. The van der Waals surface area contributed by atoms with Gasteiger partial charge in [0, 0.05) is 5.69 Å². The fraction of sp³-hybridized carbons (Fsp3) is 0.222. The molecule has 0 unspecified atom stereocenters. The molecule has 33 heavy (non-hydrogen) atoms. The van der Waals surface area contributed by atoms with Crippen molar-refractivity contribution >= 4 is 23.5 Å². The maximum atomic E-state index is 13.0. The van der Waals surface area contributed by atoms with Crippen LogP contribution in [0, 0.1) is 13.8 Å². The second kappa shape index (κ2) is 11.1. The van der Waals surface area contributed by atoms with Gasteiger partial charge in [0.05, 0.1) is 6.54 Å². The lowest BCUT2D eigenvalue weighted by atomic mass is 9.91. The Morgan fingerprint density at radius 2 is 1.30 bits per heavy atom. The summed E-state index contributed by atoms with van der Waals surface area (Å²) in [4.78, 5) is 37.8. The minimum absolute atomic E-state index is 0.227. The van der Waals surface area contributed by atoms with Gasteiger partial charge in [0.15, 0.2) is 6.10 Å². The molecule has 0 radical (unpaired) electrons. The van der Waals surface area contributed by atoms with Gasteiger partial charge in [0.25, 0.3) is 5.91 Å². The second-order valence-corrected chi connectivity index (χ2v) is 7.87. The summed E-state index contributed by atoms with van der Waals surface area (Å²) < 4.78 is 5.49. The Morgan fingerprint density at radius 1 is 0.788 bits per heavy atom. The van der Waals surface area contributed by atoms with E-state index in [1.165, 1.54) is 6.92 Å². The van der Waals surface area contributed by atoms with Crippen LogP contribution in [0.1, 0.15) is 35.1 Å². The molecule has 0 saturated carbocycles. The van der Waals surface area contributed by atoms with Crippen molar-refractivity contribution in [3.8, 4) is 0 Å². The number of anilines is 1. The Bertz CT molecular complexity index is 1050. The predicted octanol–water partition coefficient (Wildman–Crippen LogP) is 4.12. The number of nitrogens with one attached hydrogen (secondary N) is 2. The predicted molar refractivity (Wildman–Crippen MR) is 128 cm³/mol. The molecule has 0 aliphatic carbocycles. The summed E-state index contributed by atoms with van der Waals surface area (Å²) in [6.07, 6.45) is -1.06. The number of benzene rings is 3. The molecule has 170 valence electrons. The number of carbonyl (C=O) groups excluding carboxylic acids is 3. The smallest absolute Gasteiger partial charge is 0.318 e. The summed E-state index contributed by atoms with van der Waals surface area (Å²) in [7, 11) is 0. The van der Waals surface area contributed by atoms with E-state index in [0.717, 1.165) is 27.9 Å². The van der Waals surface area contributed by atoms with E-state index in [2.05, 4.69) is 10.6 Å². The minimum atomic E-state index is -1.06. The molecule has 3 aromatic carbocycles. The summed E-state index contributed by atoms with van der Waals surface area (Å²) in [5, 5.41) is 5.35. The van der Waals surface area contributed by atoms with E-state index in [-0.39, 0.29) is 12.5 Å². The van der Waals surface area contributed by atoms with Crippen LogP contribution >= 0.6 is 0 Å². The number of aryl methyl sites for hydroxylation is 2. The molecule has 0 aliphatic heterocycles. The van der Waals surface area contributed by atoms with Gasteiger partial charge in [-0.25, -0.2) is 0 Å². The minimum Gasteiger partial charge on any atom is -0.452 e. The summed E-state index contributed by atoms with van der Waals surface area (Å²) in [5.41, 5.74) is 4.14. The summed E-state index contributed by atoms with van der Waals surface area (Å²) in [6.45, 7) is 5.07. The normalized spacial score (nSPS) is 11.5. The van der Waals surface area contributed by atoms with Crippen LogP contribution in [-0.4, -0.2) is 30.4 Å². The van der Waals surface area contributed by atoms with Crippen LogP contribution < -0.4 is 10.6 Å². The lowest BCUT2D eigenvalue weighted by molar-refractivity contribution is -0.155. The Hall–Kier alpha value is -3.93. The fourth-order valence-corrected chi connectivity index (χ4v) is 3.56. The topological polar surface area (TPSA) is 84.5 Å². The van der Waals surface area contributed by atoms with Crippen molar-refractivity contribution in [3.05, 3.63) is 101 Å². The monoisotopic (exact) mass is 444 g/mol. The molecular weight excluding hydrogens is 416 g/mol. The first kappa shape index (κ1) is 23.7. The molecule has 0 bridgehead atoms. The second-order valence-electron chi connectivity index (χ2n) is 7.87. The van der Waals surface area contributed by atoms with Crippen LogP contribution in [0.4, 0.5) is 5.69 Å². The third-order valence-corrected chi connectivity index (χ3v) is 5.33. The molecule has 0 saturated heterocycles. The molecular formula is C27H28N2O4. The Kier molecular flexibility index (Phi) is 7.97. The number of para-hydroxylation sites is 1. The average molecular weight is 445 g/mol. The Morgan fingerprint density at radius 3 is 1.82 bits per heavy atom. The van der Waals surface area contributed by atoms with Gasteiger partial charge in [-0.15, -0.1) is 0 Å². The third kappa shape index (κ3) is 6.29. The van der Waals surface area contributed by atoms with Crippen molar-refractivity contribution in [2.75, 3.05) is 11.9 Å². The van der Waals surface area contributed by atoms with Crippen LogP contribution in [0.2, 0.25) is 0 Å². The molecule has 0 heterocycles. The number of amides is 2. The number of hydrogen-bond donors (Lipinski definition) is 2. The van der Waals surface area contributed by atoms with Gasteiger partial charge in [-0.3, -0.25) is 14.4 Å². The van der Waals surface area contributed by atoms with Gasteiger partial charge in [0.2, 0.25) is 5.91 Å². The zero-order valence-corrected chi connectivity index (χ0v) is 19.0. The van der Waals surface area contributed by atoms with Gasteiger partial charge in [0.1, 0.15) is 5.92 Å². The van der Waals surface area contributed by atoms with Crippen LogP contribution in [0.5, 0.6) is 0 Å². The van der Waals surface area contributed by atoms with Crippen molar-refractivity contribution in [2.24, 2.45) is 0 Å². The van der Waals surface area contributed by atoms with E-state index in [1.807, 2.05) is 92.7 Å². The van der Waals surface area contributed by atoms with Gasteiger partial charge in [-0.05, 0) is 43.0 Å². The van der Waals surface area contributed by atoms with E-state index in [1.54, 1.807) is 0 Å². The average Bonchev–Trinajstić information content (AvgIpc) is 2.81. The van der Waals surface area contributed by atoms with Crippen LogP contribution in [0.25, 0.3) is 0 Å². The fourth-order valence-electron chi connectivity index (χ4n) is 3.56. The van der Waals surface area contributed by atoms with Crippen molar-refractivity contribution in [2.45, 2.75) is 32.8 Å². The van der Waals surface area contributed by atoms with Gasteiger partial charge in [-0.1, -0.05) is 78.9 Å². The molecule has 1 atom stereocenters. The SMILES string of the molecule is Cc1cccc(C)c1NC(=O)CNC(=O)[C@H](C)OC(=O)C(c1ccccc1)c1ccccc1. The van der Waals surface area contributed by atoms with E-state index >= 15 is 0 Å². The molecule has 0 spiro atoms. The van der Waals surface area contributed by atoms with Crippen molar-refractivity contribution in [3.63, 3.8) is 0 Å². The Labute approximate surface area is 194 Å². The summed E-state index contributed by atoms with van der Waals surface area (Å²) in [5.74, 6) is -2.09. The summed E-state index contributed by atoms with van der Waals surface area (Å²) in [6, 6.07) is 24.3. The van der Waals surface area contributed by atoms with Crippen LogP contribution in [0.15, 0.2) is 78.9 Å². The maximum absolute atomic E-state index is 13.0. The molecule has 2 N–H and O–H groups in total. The number of rotatable bonds is 8. The van der Waals surface area contributed by atoms with Crippen molar-refractivity contribution in [1.82, 2.24) is 5.32 Å². The molecule has 0 fully saturated rings. The first-order valence-corrected chi connectivity index (χ1v) is 10.8. The molecule has 2 amide bonds. The van der Waals surface area contributed by atoms with E-state index in [9.17, 15) is 14.4 Å². The quantitative estimate of drug-likeness (QED) is 0.512. The zero-order valence-electron chi connectivity index (χ0n) is 19.0. The van der Waals surface area contributed by atoms with Gasteiger partial charge < -0.3 is 15.4 Å². The number of esters is 1. The number of hydrogen-bond acceptors (Lipinski definition) is 4. The first-order chi connectivity index (χ1) is 15.9. The standard InChI is InChI=1S/C27H28N2O4/c1-18-11-10-12-19(2)25(18)29-23(30)17-28-26(31)20(3)33-27(32)24(21-13-6-4-7-14-21)22-15-8-5-9-16-22/h4-16,20,24H,17H2,1-3H3,(H,28,31)(H,29,30)/t20-/m0/s1. The number of ether oxygens (including phenoxy) is 1. The molecule has 6 nitrogen and oxygen atoms in total. The highest BCUT2D eigenvalue weighted by Gasteiger charge is 2.28. The van der Waals surface area contributed by atoms with E-state index in [4.69, 9.17) is 4.74 Å². The Balaban J connectivity index is 1.61. The molecule has 0 aliphatic rings.